The molecule has 0 fully saturated rings. The van der Waals surface area contributed by atoms with Gasteiger partial charge in [0, 0.05) is 83.7 Å². The van der Waals surface area contributed by atoms with E-state index in [0.717, 1.165) is 89.5 Å². The zero-order valence-corrected chi connectivity index (χ0v) is 42.2. The second-order valence-electron chi connectivity index (χ2n) is 20.0. The van der Waals surface area contributed by atoms with Gasteiger partial charge in [-0.3, -0.25) is 0 Å². The van der Waals surface area contributed by atoms with Crippen molar-refractivity contribution in [1.29, 1.82) is 10.5 Å². The molecule has 0 unspecified atom stereocenters. The smallest absolute Gasteiger partial charge is 0.104 e. The topological polar surface area (TPSA) is 67.3 Å². The van der Waals surface area contributed by atoms with Crippen molar-refractivity contribution < 1.29 is 0 Å². The minimum absolute atomic E-state index is 0.454. The molecular formula is C68H38N6S2. The minimum Gasteiger partial charge on any atom is -0.306 e. The largest absolute Gasteiger partial charge is 0.306 e. The monoisotopic (exact) mass is 1000 g/mol. The number of para-hydroxylation sites is 5. The van der Waals surface area contributed by atoms with Crippen molar-refractivity contribution in [2.24, 2.45) is 0 Å². The molecule has 0 bridgehead atoms. The molecule has 0 atom stereocenters. The first-order chi connectivity index (χ1) is 37.7. The van der Waals surface area contributed by atoms with Crippen LogP contribution in [0.2, 0.25) is 0 Å². The van der Waals surface area contributed by atoms with Crippen LogP contribution in [0.5, 0.6) is 0 Å². The quantitative estimate of drug-likeness (QED) is 0.176. The molecular weight excluding hydrogens is 965 g/mol. The van der Waals surface area contributed by atoms with Crippen LogP contribution in [0.4, 0.5) is 0 Å². The third kappa shape index (κ3) is 5.31. The predicted octanol–water partition coefficient (Wildman–Crippen LogP) is 18.4. The molecule has 6 nitrogen and oxygen atoms in total. The third-order valence-electron chi connectivity index (χ3n) is 16.3. The van der Waals surface area contributed by atoms with Crippen LogP contribution in [0.3, 0.4) is 0 Å². The van der Waals surface area contributed by atoms with E-state index in [1.165, 1.54) is 51.3 Å². The van der Waals surface area contributed by atoms with Gasteiger partial charge in [0.25, 0.3) is 0 Å². The summed E-state index contributed by atoms with van der Waals surface area (Å²) in [6, 6.07) is 75.0. The zero-order chi connectivity index (χ0) is 49.9. The Morgan fingerprint density at radius 1 is 0.342 bits per heavy atom. The average Bonchev–Trinajstić information content (AvgIpc) is 4.51. The van der Waals surface area contributed by atoms with Crippen molar-refractivity contribution in [3.05, 3.63) is 223 Å². The summed E-state index contributed by atoms with van der Waals surface area (Å²) >= 11 is 3.65. The van der Waals surface area contributed by atoms with Crippen molar-refractivity contribution >= 4 is 145 Å². The molecule has 17 rings (SSSR count). The molecule has 0 amide bonds. The third-order valence-corrected chi connectivity index (χ3v) is 18.7. The number of hydrogen-bond acceptors (Lipinski definition) is 4. The lowest BCUT2D eigenvalue weighted by Gasteiger charge is -2.27. The Balaban J connectivity index is 1.17. The van der Waals surface area contributed by atoms with Crippen LogP contribution in [-0.4, -0.2) is 18.3 Å². The van der Waals surface area contributed by atoms with Crippen molar-refractivity contribution in [1.82, 2.24) is 18.3 Å². The summed E-state index contributed by atoms with van der Waals surface area (Å²) in [5.74, 6) is 0. The Morgan fingerprint density at radius 3 is 1.18 bits per heavy atom. The minimum atomic E-state index is 0.454. The van der Waals surface area contributed by atoms with Crippen molar-refractivity contribution in [2.45, 2.75) is 12.8 Å². The fourth-order valence-corrected chi connectivity index (χ4v) is 15.9. The molecule has 8 heteroatoms. The molecule has 16 aromatic rings. The number of aryl methyl sites for hydroxylation is 1. The SMILES string of the molecule is N#Cc1c(-n2c3c(c4c5sc6ccccc6c5ccc42)CCC=C3)c(-n2c3ccccc3c3ccccc32)c(C#N)c(-n2c3ccccc3c3c4sc5ccccc5c4ccc32)c1-n1c2ccccc2c2ccccc21. The maximum absolute atomic E-state index is 12.8. The number of rotatable bonds is 4. The van der Waals surface area contributed by atoms with Crippen LogP contribution in [0.1, 0.15) is 28.8 Å². The maximum atomic E-state index is 12.8. The van der Waals surface area contributed by atoms with E-state index in [0.29, 0.717) is 33.9 Å². The van der Waals surface area contributed by atoms with E-state index in [1.807, 2.05) is 22.7 Å². The van der Waals surface area contributed by atoms with Crippen molar-refractivity contribution in [3.8, 4) is 34.9 Å². The van der Waals surface area contributed by atoms with Gasteiger partial charge < -0.3 is 18.3 Å². The fraction of sp³-hybridized carbons (Fsp3) is 0.0294. The van der Waals surface area contributed by atoms with E-state index in [-0.39, 0.29) is 0 Å². The molecule has 10 aromatic carbocycles. The van der Waals surface area contributed by atoms with Crippen LogP contribution in [0.25, 0.3) is 145 Å². The van der Waals surface area contributed by atoms with Gasteiger partial charge in [-0.25, -0.2) is 0 Å². The lowest BCUT2D eigenvalue weighted by atomic mass is 9.98. The Labute approximate surface area is 441 Å². The zero-order valence-electron chi connectivity index (χ0n) is 40.5. The van der Waals surface area contributed by atoms with Crippen molar-refractivity contribution in [2.75, 3.05) is 0 Å². The number of aromatic nitrogens is 4. The van der Waals surface area contributed by atoms with E-state index >= 15 is 0 Å². The van der Waals surface area contributed by atoms with Gasteiger partial charge in [0.15, 0.2) is 0 Å². The molecule has 0 N–H and O–H groups in total. The van der Waals surface area contributed by atoms with Gasteiger partial charge >= 0.3 is 0 Å². The summed E-state index contributed by atoms with van der Waals surface area (Å²) in [7, 11) is 0. The molecule has 0 aliphatic heterocycles. The molecule has 1 aliphatic carbocycles. The second-order valence-corrected chi connectivity index (χ2v) is 22.1. The van der Waals surface area contributed by atoms with Gasteiger partial charge in [0.1, 0.15) is 23.3 Å². The summed E-state index contributed by atoms with van der Waals surface area (Å²) in [6.45, 7) is 0. The number of nitriles is 2. The Kier molecular flexibility index (Phi) is 8.47. The van der Waals surface area contributed by atoms with E-state index in [4.69, 9.17) is 0 Å². The standard InChI is InChI=1S/C68H38N6S2/c69-37-49-63(71-51-25-9-1-17-39(51)40-18-2-10-26-52(40)71)65(73-55-29-13-5-23-47(55)61-57(73)35-33-45-43-21-7-15-31-59(43)75-67(45)61)50(38-70)64(72-53-27-11-3-19-41(53)42-20-4-12-28-54(42)72)66(49)74-56-30-14-6-24-48(56)62-58(74)36-34-46-44-22-8-16-32-60(44)76-68(46)62/h1-5,7-23,25-36H,6,24H2. The lowest BCUT2D eigenvalue weighted by molar-refractivity contribution is 0.954. The Morgan fingerprint density at radius 2 is 0.711 bits per heavy atom. The number of thiophene rings is 2. The highest BCUT2D eigenvalue weighted by atomic mass is 32.1. The maximum Gasteiger partial charge on any atom is 0.104 e. The van der Waals surface area contributed by atoms with Gasteiger partial charge in [0.05, 0.1) is 61.4 Å². The summed E-state index contributed by atoms with van der Waals surface area (Å²) in [5.41, 5.74) is 12.5. The molecule has 0 saturated heterocycles. The molecule has 0 radical (unpaired) electrons. The highest BCUT2D eigenvalue weighted by molar-refractivity contribution is 7.27. The van der Waals surface area contributed by atoms with Crippen LogP contribution >= 0.6 is 22.7 Å². The molecule has 0 spiro atoms. The molecule has 1 aliphatic rings. The average molecular weight is 1000 g/mol. The van der Waals surface area contributed by atoms with Gasteiger partial charge in [-0.2, -0.15) is 10.5 Å². The number of hydrogen-bond donors (Lipinski definition) is 0. The highest BCUT2D eigenvalue weighted by Crippen LogP contribution is 2.52. The highest BCUT2D eigenvalue weighted by Gasteiger charge is 2.36. The van der Waals surface area contributed by atoms with Crippen molar-refractivity contribution in [3.63, 3.8) is 0 Å². The number of nitrogens with zero attached hydrogens (tertiary/aromatic N) is 6. The first-order valence-electron chi connectivity index (χ1n) is 25.7. The lowest BCUT2D eigenvalue weighted by Crippen LogP contribution is -2.17. The van der Waals surface area contributed by atoms with Crippen LogP contribution < -0.4 is 0 Å². The van der Waals surface area contributed by atoms with Crippen LogP contribution in [-0.2, 0) is 6.42 Å². The molecule has 352 valence electrons. The first kappa shape index (κ1) is 41.7. The molecule has 0 saturated carbocycles. The van der Waals surface area contributed by atoms with Gasteiger partial charge in [-0.05, 0) is 79.1 Å². The van der Waals surface area contributed by atoms with E-state index < -0.39 is 0 Å². The molecule has 76 heavy (non-hydrogen) atoms. The van der Waals surface area contributed by atoms with Crippen LogP contribution in [0.15, 0.2) is 200 Å². The normalized spacial score (nSPS) is 12.8. The summed E-state index contributed by atoms with van der Waals surface area (Å²) in [5, 5.41) is 38.1. The first-order valence-corrected chi connectivity index (χ1v) is 27.3. The number of benzene rings is 10. The van der Waals surface area contributed by atoms with E-state index in [2.05, 4.69) is 237 Å². The van der Waals surface area contributed by atoms with Gasteiger partial charge in [-0.15, -0.1) is 22.7 Å². The Bertz CT molecular complexity index is 5290. The summed E-state index contributed by atoms with van der Waals surface area (Å²) in [4.78, 5) is 0. The molecule has 6 heterocycles. The number of fused-ring (bicyclic) bond motifs is 20. The van der Waals surface area contributed by atoms with Crippen LogP contribution in [0, 0.1) is 22.7 Å². The second kappa shape index (κ2) is 15.4. The van der Waals surface area contributed by atoms with Gasteiger partial charge in [-0.1, -0.05) is 146 Å². The summed E-state index contributed by atoms with van der Waals surface area (Å²) in [6.07, 6.45) is 6.27. The predicted molar refractivity (Wildman–Crippen MR) is 319 cm³/mol. The Hall–Kier alpha value is -9.70. The fourth-order valence-electron chi connectivity index (χ4n) is 13.3. The van der Waals surface area contributed by atoms with E-state index in [9.17, 15) is 10.5 Å². The summed E-state index contributed by atoms with van der Waals surface area (Å²) < 4.78 is 14.1. The molecule has 6 aromatic heterocycles. The van der Waals surface area contributed by atoms with E-state index in [1.54, 1.807) is 0 Å². The number of allylic oxidation sites excluding steroid dienone is 1. The van der Waals surface area contributed by atoms with Gasteiger partial charge in [0.2, 0.25) is 0 Å².